The average molecular weight is 222 g/mol. The number of aryl methyl sites for hydroxylation is 2. The molecule has 0 spiro atoms. The number of rotatable bonds is 6. The van der Waals surface area contributed by atoms with Crippen molar-refractivity contribution in [1.29, 1.82) is 0 Å². The molecule has 0 fully saturated rings. The number of carbonyl (C=O) groups is 1. The summed E-state index contributed by atoms with van der Waals surface area (Å²) in [6.45, 7) is 6.34. The quantitative estimate of drug-likeness (QED) is 0.693. The first-order chi connectivity index (χ1) is 7.62. The van der Waals surface area contributed by atoms with Gasteiger partial charge in [-0.3, -0.25) is 9.48 Å². The summed E-state index contributed by atoms with van der Waals surface area (Å²) in [5, 5.41) is 4.30. The van der Waals surface area contributed by atoms with Crippen molar-refractivity contribution in [3.05, 3.63) is 17.5 Å². The maximum Gasteiger partial charge on any atom is 0.181 e. The smallest absolute Gasteiger partial charge is 0.181 e. The van der Waals surface area contributed by atoms with Gasteiger partial charge in [0.2, 0.25) is 0 Å². The van der Waals surface area contributed by atoms with Crippen molar-refractivity contribution in [3.63, 3.8) is 0 Å². The van der Waals surface area contributed by atoms with E-state index in [1.165, 1.54) is 0 Å². The maximum atomic E-state index is 12.1. The fourth-order valence-corrected chi connectivity index (χ4v) is 1.90. The third-order valence-corrected chi connectivity index (χ3v) is 3.21. The molecule has 0 bridgehead atoms. The highest BCUT2D eigenvalue weighted by Gasteiger charge is 2.16. The first kappa shape index (κ1) is 12.9. The van der Waals surface area contributed by atoms with Gasteiger partial charge in [0, 0.05) is 13.5 Å². The minimum Gasteiger partial charge on any atom is -0.292 e. The summed E-state index contributed by atoms with van der Waals surface area (Å²) in [6, 6.07) is 1.92. The predicted molar refractivity (Wildman–Crippen MR) is 65.6 cm³/mol. The van der Waals surface area contributed by atoms with Gasteiger partial charge in [0.1, 0.15) is 5.69 Å². The van der Waals surface area contributed by atoms with Crippen LogP contribution in [-0.4, -0.2) is 15.6 Å². The second kappa shape index (κ2) is 5.83. The Morgan fingerprint density at radius 1 is 1.38 bits per heavy atom. The number of nitrogens with zero attached hydrogens (tertiary/aromatic N) is 2. The lowest BCUT2D eigenvalue weighted by Crippen LogP contribution is -2.11. The number of Topliss-reactive ketones (excluding diaryl/α,β-unsaturated/α-hetero) is 1. The molecule has 0 radical (unpaired) electrons. The molecule has 1 heterocycles. The molecular formula is C13H22N2O. The molecule has 1 aromatic heterocycles. The normalized spacial score (nSPS) is 11.1. The van der Waals surface area contributed by atoms with E-state index < -0.39 is 0 Å². The average Bonchev–Trinajstić information content (AvgIpc) is 2.67. The summed E-state index contributed by atoms with van der Waals surface area (Å²) in [5.41, 5.74) is 1.75. The van der Waals surface area contributed by atoms with Crippen LogP contribution in [0.25, 0.3) is 0 Å². The Labute approximate surface area is 97.8 Å². The van der Waals surface area contributed by atoms with Crippen LogP contribution in [0.4, 0.5) is 0 Å². The molecule has 0 aliphatic heterocycles. The zero-order valence-corrected chi connectivity index (χ0v) is 10.8. The van der Waals surface area contributed by atoms with E-state index in [-0.39, 0.29) is 5.78 Å². The van der Waals surface area contributed by atoms with Crippen LogP contribution in [0.3, 0.4) is 0 Å². The summed E-state index contributed by atoms with van der Waals surface area (Å²) in [5.74, 6) is 0.732. The first-order valence-corrected chi connectivity index (χ1v) is 6.18. The largest absolute Gasteiger partial charge is 0.292 e. The molecule has 0 saturated carbocycles. The van der Waals surface area contributed by atoms with Crippen LogP contribution in [0, 0.1) is 5.92 Å². The summed E-state index contributed by atoms with van der Waals surface area (Å²) in [4.78, 5) is 12.1. The topological polar surface area (TPSA) is 34.9 Å². The van der Waals surface area contributed by atoms with Crippen LogP contribution in [0.2, 0.25) is 0 Å². The van der Waals surface area contributed by atoms with Crippen LogP contribution in [-0.2, 0) is 13.5 Å². The van der Waals surface area contributed by atoms with Gasteiger partial charge in [-0.2, -0.15) is 5.10 Å². The van der Waals surface area contributed by atoms with E-state index in [0.717, 1.165) is 30.7 Å². The SMILES string of the molecule is CCc1cc(C(=O)CC(CC)CC)n(C)n1. The highest BCUT2D eigenvalue weighted by Crippen LogP contribution is 2.16. The molecule has 0 saturated heterocycles. The molecule has 0 unspecified atom stereocenters. The Hall–Kier alpha value is -1.12. The van der Waals surface area contributed by atoms with Crippen molar-refractivity contribution in [2.24, 2.45) is 13.0 Å². The van der Waals surface area contributed by atoms with Crippen LogP contribution in [0.5, 0.6) is 0 Å². The molecule has 0 amide bonds. The van der Waals surface area contributed by atoms with Crippen molar-refractivity contribution in [3.8, 4) is 0 Å². The Kier molecular flexibility index (Phi) is 4.71. The van der Waals surface area contributed by atoms with Crippen LogP contribution in [0.15, 0.2) is 6.07 Å². The zero-order valence-electron chi connectivity index (χ0n) is 10.8. The monoisotopic (exact) mass is 222 g/mol. The first-order valence-electron chi connectivity index (χ1n) is 6.18. The van der Waals surface area contributed by atoms with Crippen molar-refractivity contribution in [2.75, 3.05) is 0 Å². The third kappa shape index (κ3) is 2.94. The van der Waals surface area contributed by atoms with Crippen molar-refractivity contribution >= 4 is 5.78 Å². The molecular weight excluding hydrogens is 200 g/mol. The highest BCUT2D eigenvalue weighted by atomic mass is 16.1. The van der Waals surface area contributed by atoms with Gasteiger partial charge in [-0.15, -0.1) is 0 Å². The molecule has 3 nitrogen and oxygen atoms in total. The predicted octanol–water partition coefficient (Wildman–Crippen LogP) is 2.99. The Morgan fingerprint density at radius 2 is 2.00 bits per heavy atom. The van der Waals surface area contributed by atoms with Gasteiger partial charge in [-0.1, -0.05) is 33.6 Å². The van der Waals surface area contributed by atoms with Gasteiger partial charge in [-0.05, 0) is 18.4 Å². The summed E-state index contributed by atoms with van der Waals surface area (Å²) >= 11 is 0. The molecule has 0 N–H and O–H groups in total. The third-order valence-electron chi connectivity index (χ3n) is 3.21. The molecule has 0 atom stereocenters. The zero-order chi connectivity index (χ0) is 12.1. The second-order valence-corrected chi connectivity index (χ2v) is 4.31. The molecule has 90 valence electrons. The van der Waals surface area contributed by atoms with Gasteiger partial charge in [0.05, 0.1) is 5.69 Å². The van der Waals surface area contributed by atoms with E-state index in [1.54, 1.807) is 4.68 Å². The minimum absolute atomic E-state index is 0.225. The highest BCUT2D eigenvalue weighted by molar-refractivity contribution is 5.94. The van der Waals surface area contributed by atoms with Gasteiger partial charge in [0.15, 0.2) is 5.78 Å². The van der Waals surface area contributed by atoms with Crippen LogP contribution >= 0.6 is 0 Å². The van der Waals surface area contributed by atoms with Crippen molar-refractivity contribution in [1.82, 2.24) is 9.78 Å². The van der Waals surface area contributed by atoms with E-state index in [4.69, 9.17) is 0 Å². The second-order valence-electron chi connectivity index (χ2n) is 4.31. The number of carbonyl (C=O) groups excluding carboxylic acids is 1. The molecule has 16 heavy (non-hydrogen) atoms. The van der Waals surface area contributed by atoms with Gasteiger partial charge < -0.3 is 0 Å². The lowest BCUT2D eigenvalue weighted by molar-refractivity contribution is 0.0949. The van der Waals surface area contributed by atoms with Crippen LogP contribution < -0.4 is 0 Å². The lowest BCUT2D eigenvalue weighted by Gasteiger charge is -2.10. The Balaban J connectivity index is 2.75. The number of ketones is 1. The van der Waals surface area contributed by atoms with E-state index in [1.807, 2.05) is 13.1 Å². The van der Waals surface area contributed by atoms with E-state index in [0.29, 0.717) is 12.3 Å². The van der Waals surface area contributed by atoms with Crippen molar-refractivity contribution in [2.45, 2.75) is 46.5 Å². The molecule has 3 heteroatoms. The number of hydrogen-bond acceptors (Lipinski definition) is 2. The summed E-state index contributed by atoms with van der Waals surface area (Å²) in [6.07, 6.45) is 3.67. The molecule has 1 aromatic rings. The maximum absolute atomic E-state index is 12.1. The van der Waals surface area contributed by atoms with Crippen molar-refractivity contribution < 1.29 is 4.79 Å². The Bertz CT molecular complexity index is 351. The van der Waals surface area contributed by atoms with Gasteiger partial charge in [-0.25, -0.2) is 0 Å². The minimum atomic E-state index is 0.225. The molecule has 1 rings (SSSR count). The number of aromatic nitrogens is 2. The molecule has 0 aromatic carbocycles. The van der Waals surface area contributed by atoms with Crippen LogP contribution in [0.1, 0.15) is 56.2 Å². The molecule has 0 aliphatic rings. The summed E-state index contributed by atoms with van der Waals surface area (Å²) < 4.78 is 1.71. The number of hydrogen-bond donors (Lipinski definition) is 0. The van der Waals surface area contributed by atoms with Gasteiger partial charge in [0.25, 0.3) is 0 Å². The Morgan fingerprint density at radius 3 is 2.44 bits per heavy atom. The van der Waals surface area contributed by atoms with Gasteiger partial charge >= 0.3 is 0 Å². The lowest BCUT2D eigenvalue weighted by atomic mass is 9.96. The van der Waals surface area contributed by atoms with E-state index in [2.05, 4.69) is 25.9 Å². The summed E-state index contributed by atoms with van der Waals surface area (Å²) in [7, 11) is 1.85. The molecule has 0 aliphatic carbocycles. The van der Waals surface area contributed by atoms with E-state index in [9.17, 15) is 4.79 Å². The van der Waals surface area contributed by atoms with E-state index >= 15 is 0 Å². The fourth-order valence-electron chi connectivity index (χ4n) is 1.90. The fraction of sp³-hybridized carbons (Fsp3) is 0.692. The standard InChI is InChI=1S/C13H22N2O/c1-5-10(6-2)8-13(16)12-9-11(7-3)14-15(12)4/h9-10H,5-8H2,1-4H3.